The van der Waals surface area contributed by atoms with Crippen LogP contribution in [-0.4, -0.2) is 26.9 Å². The van der Waals surface area contributed by atoms with Gasteiger partial charge in [-0.1, -0.05) is 18.2 Å². The first-order valence-electron chi connectivity index (χ1n) is 8.49. The first-order chi connectivity index (χ1) is 11.8. The molecule has 0 aliphatic rings. The molecule has 0 fully saturated rings. The number of benzene rings is 2. The van der Waals surface area contributed by atoms with Crippen LogP contribution in [-0.2, 0) is 13.0 Å². The van der Waals surface area contributed by atoms with E-state index in [9.17, 15) is 0 Å². The summed E-state index contributed by atoms with van der Waals surface area (Å²) in [4.78, 5) is 0. The fraction of sp³-hybridized carbons (Fsp3) is 0.400. The molecule has 0 saturated heterocycles. The molecular weight excluding hydrogens is 302 g/mol. The summed E-state index contributed by atoms with van der Waals surface area (Å²) in [7, 11) is 1.68. The lowest BCUT2D eigenvalue weighted by molar-refractivity contribution is 0.287. The highest BCUT2D eigenvalue weighted by Gasteiger charge is 2.06. The third-order valence-electron chi connectivity index (χ3n) is 3.69. The van der Waals surface area contributed by atoms with E-state index in [1.54, 1.807) is 7.11 Å². The summed E-state index contributed by atoms with van der Waals surface area (Å²) in [5, 5.41) is 3.47. The predicted octanol–water partition coefficient (Wildman–Crippen LogP) is 3.82. The zero-order valence-corrected chi connectivity index (χ0v) is 14.8. The Morgan fingerprint density at radius 3 is 2.17 bits per heavy atom. The number of rotatable bonds is 10. The topological polar surface area (TPSA) is 39.7 Å². The summed E-state index contributed by atoms with van der Waals surface area (Å²) in [5.74, 6) is 2.51. The van der Waals surface area contributed by atoms with Gasteiger partial charge in [0, 0.05) is 6.54 Å². The van der Waals surface area contributed by atoms with E-state index in [-0.39, 0.29) is 0 Å². The zero-order chi connectivity index (χ0) is 17.2. The van der Waals surface area contributed by atoms with Crippen molar-refractivity contribution < 1.29 is 14.2 Å². The van der Waals surface area contributed by atoms with Gasteiger partial charge >= 0.3 is 0 Å². The van der Waals surface area contributed by atoms with Crippen molar-refractivity contribution in [1.29, 1.82) is 0 Å². The largest absolute Gasteiger partial charge is 0.497 e. The normalized spacial score (nSPS) is 10.5. The lowest BCUT2D eigenvalue weighted by Gasteiger charge is -2.13. The summed E-state index contributed by atoms with van der Waals surface area (Å²) < 4.78 is 16.4. The predicted molar refractivity (Wildman–Crippen MR) is 97.2 cm³/mol. The molecule has 0 bridgehead atoms. The Hall–Kier alpha value is -2.20. The molecule has 0 amide bonds. The van der Waals surface area contributed by atoms with E-state index in [4.69, 9.17) is 14.2 Å². The maximum absolute atomic E-state index is 5.66. The molecule has 2 aromatic carbocycles. The third kappa shape index (κ3) is 5.46. The average molecular weight is 329 g/mol. The van der Waals surface area contributed by atoms with Crippen molar-refractivity contribution in [3.63, 3.8) is 0 Å². The van der Waals surface area contributed by atoms with Crippen LogP contribution in [0.25, 0.3) is 0 Å². The van der Waals surface area contributed by atoms with E-state index in [0.717, 1.165) is 36.8 Å². The van der Waals surface area contributed by atoms with Crippen LogP contribution >= 0.6 is 0 Å². The first kappa shape index (κ1) is 18.1. The summed E-state index contributed by atoms with van der Waals surface area (Å²) in [6, 6.07) is 14.3. The van der Waals surface area contributed by atoms with Crippen LogP contribution in [0.4, 0.5) is 0 Å². The van der Waals surface area contributed by atoms with Gasteiger partial charge in [0.15, 0.2) is 11.5 Å². The lowest BCUT2D eigenvalue weighted by atomic mass is 10.1. The van der Waals surface area contributed by atoms with Crippen molar-refractivity contribution in [1.82, 2.24) is 5.32 Å². The van der Waals surface area contributed by atoms with E-state index in [1.165, 1.54) is 11.1 Å². The van der Waals surface area contributed by atoms with Gasteiger partial charge in [-0.05, 0) is 62.2 Å². The summed E-state index contributed by atoms with van der Waals surface area (Å²) in [6.07, 6.45) is 0.985. The molecule has 2 aromatic rings. The molecule has 130 valence electrons. The van der Waals surface area contributed by atoms with Crippen molar-refractivity contribution in [3.8, 4) is 17.2 Å². The second-order valence-electron chi connectivity index (χ2n) is 5.42. The molecule has 1 N–H and O–H groups in total. The minimum absolute atomic E-state index is 0.633. The Labute approximate surface area is 144 Å². The van der Waals surface area contributed by atoms with Crippen LogP contribution in [0.15, 0.2) is 42.5 Å². The Kier molecular flexibility index (Phi) is 7.43. The van der Waals surface area contributed by atoms with E-state index in [0.29, 0.717) is 13.2 Å². The highest BCUT2D eigenvalue weighted by molar-refractivity contribution is 5.43. The fourth-order valence-corrected chi connectivity index (χ4v) is 2.46. The molecule has 0 aliphatic carbocycles. The Morgan fingerprint density at radius 2 is 1.50 bits per heavy atom. The maximum Gasteiger partial charge on any atom is 0.161 e. The second kappa shape index (κ2) is 9.83. The molecule has 0 saturated carbocycles. The van der Waals surface area contributed by atoms with Gasteiger partial charge in [0.25, 0.3) is 0 Å². The van der Waals surface area contributed by atoms with Crippen molar-refractivity contribution in [2.45, 2.75) is 26.8 Å². The summed E-state index contributed by atoms with van der Waals surface area (Å²) >= 11 is 0. The summed E-state index contributed by atoms with van der Waals surface area (Å²) in [5.41, 5.74) is 2.49. The van der Waals surface area contributed by atoms with Gasteiger partial charge in [-0.25, -0.2) is 0 Å². The molecule has 0 unspecified atom stereocenters. The molecule has 0 atom stereocenters. The van der Waals surface area contributed by atoms with Crippen LogP contribution in [0, 0.1) is 0 Å². The van der Waals surface area contributed by atoms with Gasteiger partial charge in [0.2, 0.25) is 0 Å². The van der Waals surface area contributed by atoms with E-state index in [2.05, 4.69) is 29.6 Å². The van der Waals surface area contributed by atoms with E-state index >= 15 is 0 Å². The van der Waals surface area contributed by atoms with Crippen LogP contribution < -0.4 is 19.5 Å². The number of nitrogens with one attached hydrogen (secondary N) is 1. The molecule has 0 spiro atoms. The molecule has 0 radical (unpaired) electrons. The SMILES string of the molecule is CCOc1ccc(CNCCc2ccc(OC)cc2)cc1OCC. The molecule has 2 rings (SSSR count). The van der Waals surface area contributed by atoms with Gasteiger partial charge in [0.05, 0.1) is 20.3 Å². The minimum atomic E-state index is 0.633. The molecule has 0 aromatic heterocycles. The van der Waals surface area contributed by atoms with Gasteiger partial charge in [-0.2, -0.15) is 0 Å². The Balaban J connectivity index is 1.83. The number of hydrogen-bond acceptors (Lipinski definition) is 4. The van der Waals surface area contributed by atoms with Crippen LogP contribution in [0.2, 0.25) is 0 Å². The van der Waals surface area contributed by atoms with E-state index in [1.807, 2.05) is 32.0 Å². The molecule has 0 heterocycles. The molecular formula is C20H27NO3. The highest BCUT2D eigenvalue weighted by atomic mass is 16.5. The van der Waals surface area contributed by atoms with Gasteiger partial charge in [0.1, 0.15) is 5.75 Å². The third-order valence-corrected chi connectivity index (χ3v) is 3.69. The Bertz CT molecular complexity index is 611. The Morgan fingerprint density at radius 1 is 0.833 bits per heavy atom. The lowest BCUT2D eigenvalue weighted by Crippen LogP contribution is -2.16. The van der Waals surface area contributed by atoms with Crippen LogP contribution in [0.1, 0.15) is 25.0 Å². The fourth-order valence-electron chi connectivity index (χ4n) is 2.46. The van der Waals surface area contributed by atoms with E-state index < -0.39 is 0 Å². The van der Waals surface area contributed by atoms with Crippen LogP contribution in [0.3, 0.4) is 0 Å². The average Bonchev–Trinajstić information content (AvgIpc) is 2.61. The minimum Gasteiger partial charge on any atom is -0.497 e. The van der Waals surface area contributed by atoms with Crippen molar-refractivity contribution >= 4 is 0 Å². The molecule has 24 heavy (non-hydrogen) atoms. The highest BCUT2D eigenvalue weighted by Crippen LogP contribution is 2.28. The number of ether oxygens (including phenoxy) is 3. The van der Waals surface area contributed by atoms with Gasteiger partial charge < -0.3 is 19.5 Å². The van der Waals surface area contributed by atoms with Crippen molar-refractivity contribution in [3.05, 3.63) is 53.6 Å². The second-order valence-corrected chi connectivity index (χ2v) is 5.42. The van der Waals surface area contributed by atoms with Crippen LogP contribution in [0.5, 0.6) is 17.2 Å². The smallest absolute Gasteiger partial charge is 0.161 e. The molecule has 4 nitrogen and oxygen atoms in total. The van der Waals surface area contributed by atoms with Gasteiger partial charge in [-0.15, -0.1) is 0 Å². The monoisotopic (exact) mass is 329 g/mol. The number of hydrogen-bond donors (Lipinski definition) is 1. The maximum atomic E-state index is 5.66. The molecule has 4 heteroatoms. The zero-order valence-electron chi connectivity index (χ0n) is 14.8. The van der Waals surface area contributed by atoms with Gasteiger partial charge in [-0.3, -0.25) is 0 Å². The molecule has 0 aliphatic heterocycles. The van der Waals surface area contributed by atoms with Crippen molar-refractivity contribution in [2.24, 2.45) is 0 Å². The standard InChI is InChI=1S/C20H27NO3/c1-4-23-19-11-8-17(14-20(19)24-5-2)15-21-13-12-16-6-9-18(22-3)10-7-16/h6-11,14,21H,4-5,12-13,15H2,1-3H3. The van der Waals surface area contributed by atoms with Crippen molar-refractivity contribution in [2.75, 3.05) is 26.9 Å². The quantitative estimate of drug-likeness (QED) is 0.673. The number of methoxy groups -OCH3 is 1. The summed E-state index contributed by atoms with van der Waals surface area (Å²) in [6.45, 7) is 6.96. The first-order valence-corrected chi connectivity index (χ1v) is 8.49.